The maximum atomic E-state index is 11.0. The molecule has 0 radical (unpaired) electrons. The van der Waals surface area contributed by atoms with Crippen LogP contribution in [0.3, 0.4) is 0 Å². The second kappa shape index (κ2) is 5.21. The standard InChI is InChI=1S/C14H18N2O2/c1-10(2)4-3-7-16-9-15-12-6-5-11(14(17)18)8-13(12)16/h5-6,8-10H,3-4,7H2,1-2H3,(H,17,18). The van der Waals surface area contributed by atoms with Gasteiger partial charge in [0.05, 0.1) is 22.9 Å². The fraction of sp³-hybridized carbons (Fsp3) is 0.429. The Morgan fingerprint density at radius 2 is 2.22 bits per heavy atom. The molecule has 4 nitrogen and oxygen atoms in total. The molecule has 0 saturated carbocycles. The second-order valence-corrected chi connectivity index (χ2v) is 4.98. The molecule has 2 aromatic rings. The molecule has 1 N–H and O–H groups in total. The molecule has 1 aromatic carbocycles. The Balaban J connectivity index is 2.22. The number of carboxylic acids is 1. The number of fused-ring (bicyclic) bond motifs is 1. The maximum absolute atomic E-state index is 11.0. The number of rotatable bonds is 5. The summed E-state index contributed by atoms with van der Waals surface area (Å²) in [5, 5.41) is 8.99. The highest BCUT2D eigenvalue weighted by atomic mass is 16.4. The van der Waals surface area contributed by atoms with Crippen LogP contribution in [0.1, 0.15) is 37.0 Å². The maximum Gasteiger partial charge on any atom is 0.335 e. The summed E-state index contributed by atoms with van der Waals surface area (Å²) < 4.78 is 2.03. The first-order chi connectivity index (χ1) is 8.58. The summed E-state index contributed by atoms with van der Waals surface area (Å²) in [4.78, 5) is 15.2. The molecule has 0 spiro atoms. The number of carboxylic acid groups (broad SMARTS) is 1. The van der Waals surface area contributed by atoms with Crippen LogP contribution in [0.4, 0.5) is 0 Å². The zero-order valence-electron chi connectivity index (χ0n) is 10.8. The molecule has 0 atom stereocenters. The van der Waals surface area contributed by atoms with Crippen LogP contribution in [0.15, 0.2) is 24.5 Å². The average molecular weight is 246 g/mol. The molecule has 18 heavy (non-hydrogen) atoms. The lowest BCUT2D eigenvalue weighted by atomic mass is 10.1. The number of aromatic nitrogens is 2. The van der Waals surface area contributed by atoms with Gasteiger partial charge in [0.1, 0.15) is 0 Å². The zero-order chi connectivity index (χ0) is 13.1. The Bertz CT molecular complexity index is 558. The number of hydrogen-bond donors (Lipinski definition) is 1. The first-order valence-corrected chi connectivity index (χ1v) is 6.26. The van der Waals surface area contributed by atoms with Crippen LogP contribution >= 0.6 is 0 Å². The minimum absolute atomic E-state index is 0.313. The molecule has 0 aliphatic heterocycles. The lowest BCUT2D eigenvalue weighted by Gasteiger charge is -2.06. The minimum Gasteiger partial charge on any atom is -0.478 e. The number of benzene rings is 1. The molecule has 4 heteroatoms. The lowest BCUT2D eigenvalue weighted by Crippen LogP contribution is -2.00. The van der Waals surface area contributed by atoms with E-state index in [9.17, 15) is 4.79 Å². The van der Waals surface area contributed by atoms with Gasteiger partial charge >= 0.3 is 5.97 Å². The average Bonchev–Trinajstić information content (AvgIpc) is 2.71. The third kappa shape index (κ3) is 2.70. The fourth-order valence-corrected chi connectivity index (χ4v) is 2.04. The Morgan fingerprint density at radius 1 is 1.44 bits per heavy atom. The van der Waals surface area contributed by atoms with E-state index in [4.69, 9.17) is 5.11 Å². The third-order valence-electron chi connectivity index (χ3n) is 3.05. The predicted octanol–water partition coefficient (Wildman–Crippen LogP) is 3.17. The number of nitrogens with zero attached hydrogens (tertiary/aromatic N) is 2. The van der Waals surface area contributed by atoms with Crippen LogP contribution < -0.4 is 0 Å². The Labute approximate surface area is 106 Å². The monoisotopic (exact) mass is 246 g/mol. The van der Waals surface area contributed by atoms with Gasteiger partial charge in [-0.1, -0.05) is 13.8 Å². The molecule has 0 amide bonds. The molecule has 0 aliphatic carbocycles. The highest BCUT2D eigenvalue weighted by Gasteiger charge is 2.07. The van der Waals surface area contributed by atoms with Gasteiger partial charge in [-0.3, -0.25) is 0 Å². The summed E-state index contributed by atoms with van der Waals surface area (Å²) in [5.74, 6) is -0.207. The molecule has 1 aromatic heterocycles. The number of carbonyl (C=O) groups is 1. The van der Waals surface area contributed by atoms with E-state index >= 15 is 0 Å². The number of imidazole rings is 1. The van der Waals surface area contributed by atoms with Crippen molar-refractivity contribution >= 4 is 17.0 Å². The molecule has 96 valence electrons. The summed E-state index contributed by atoms with van der Waals surface area (Å²) in [6.07, 6.45) is 4.04. The predicted molar refractivity (Wildman–Crippen MR) is 70.8 cm³/mol. The van der Waals surface area contributed by atoms with Crippen LogP contribution in [-0.2, 0) is 6.54 Å². The van der Waals surface area contributed by atoms with Gasteiger partial charge in [-0.05, 0) is 37.0 Å². The summed E-state index contributed by atoms with van der Waals surface area (Å²) >= 11 is 0. The third-order valence-corrected chi connectivity index (χ3v) is 3.05. The van der Waals surface area contributed by atoms with E-state index in [0.717, 1.165) is 30.4 Å². The smallest absolute Gasteiger partial charge is 0.335 e. The Hall–Kier alpha value is -1.84. The molecule has 2 rings (SSSR count). The molecular formula is C14H18N2O2. The van der Waals surface area contributed by atoms with E-state index in [2.05, 4.69) is 18.8 Å². The van der Waals surface area contributed by atoms with E-state index < -0.39 is 5.97 Å². The highest BCUT2D eigenvalue weighted by Crippen LogP contribution is 2.16. The topological polar surface area (TPSA) is 55.1 Å². The summed E-state index contributed by atoms with van der Waals surface area (Å²) in [6, 6.07) is 5.05. The Kier molecular flexibility index (Phi) is 3.65. The van der Waals surface area contributed by atoms with E-state index in [0.29, 0.717) is 11.5 Å². The van der Waals surface area contributed by atoms with Gasteiger partial charge in [-0.2, -0.15) is 0 Å². The van der Waals surface area contributed by atoms with E-state index in [-0.39, 0.29) is 0 Å². The molecule has 0 unspecified atom stereocenters. The molecular weight excluding hydrogens is 228 g/mol. The SMILES string of the molecule is CC(C)CCCn1cnc2ccc(C(=O)O)cc21. The van der Waals surface area contributed by atoms with Gasteiger partial charge in [0.15, 0.2) is 0 Å². The van der Waals surface area contributed by atoms with Crippen LogP contribution in [0.5, 0.6) is 0 Å². The quantitative estimate of drug-likeness (QED) is 0.881. The lowest BCUT2D eigenvalue weighted by molar-refractivity contribution is 0.0697. The molecule has 0 saturated heterocycles. The van der Waals surface area contributed by atoms with Gasteiger partial charge in [-0.15, -0.1) is 0 Å². The van der Waals surface area contributed by atoms with Gasteiger partial charge in [0.2, 0.25) is 0 Å². The number of aryl methyl sites for hydroxylation is 1. The van der Waals surface area contributed by atoms with Crippen LogP contribution in [0.25, 0.3) is 11.0 Å². The van der Waals surface area contributed by atoms with Gasteiger partial charge in [0.25, 0.3) is 0 Å². The fourth-order valence-electron chi connectivity index (χ4n) is 2.04. The molecule has 0 bridgehead atoms. The largest absolute Gasteiger partial charge is 0.478 e. The van der Waals surface area contributed by atoms with E-state index in [1.807, 2.05) is 4.57 Å². The number of aromatic carboxylic acids is 1. The number of hydrogen-bond acceptors (Lipinski definition) is 2. The molecule has 0 fully saturated rings. The summed E-state index contributed by atoms with van der Waals surface area (Å²) in [6.45, 7) is 5.29. The summed E-state index contributed by atoms with van der Waals surface area (Å²) in [7, 11) is 0. The normalized spacial score (nSPS) is 11.3. The van der Waals surface area contributed by atoms with Crippen molar-refractivity contribution < 1.29 is 9.90 Å². The van der Waals surface area contributed by atoms with Crippen molar-refractivity contribution in [2.75, 3.05) is 0 Å². The first-order valence-electron chi connectivity index (χ1n) is 6.26. The molecule has 1 heterocycles. The second-order valence-electron chi connectivity index (χ2n) is 4.98. The van der Waals surface area contributed by atoms with Crippen molar-refractivity contribution in [1.29, 1.82) is 0 Å². The highest BCUT2D eigenvalue weighted by molar-refractivity contribution is 5.92. The van der Waals surface area contributed by atoms with E-state index in [1.54, 1.807) is 24.5 Å². The van der Waals surface area contributed by atoms with Crippen LogP contribution in [-0.4, -0.2) is 20.6 Å². The van der Waals surface area contributed by atoms with Crippen molar-refractivity contribution in [2.45, 2.75) is 33.2 Å². The van der Waals surface area contributed by atoms with Crippen molar-refractivity contribution in [3.05, 3.63) is 30.1 Å². The van der Waals surface area contributed by atoms with E-state index in [1.165, 1.54) is 0 Å². The van der Waals surface area contributed by atoms with Crippen molar-refractivity contribution in [2.24, 2.45) is 5.92 Å². The van der Waals surface area contributed by atoms with Crippen LogP contribution in [0.2, 0.25) is 0 Å². The van der Waals surface area contributed by atoms with Crippen molar-refractivity contribution in [3.63, 3.8) is 0 Å². The molecule has 0 aliphatic rings. The first kappa shape index (κ1) is 12.6. The van der Waals surface area contributed by atoms with Gasteiger partial charge in [0, 0.05) is 6.54 Å². The minimum atomic E-state index is -0.896. The Morgan fingerprint density at radius 3 is 2.89 bits per heavy atom. The summed E-state index contributed by atoms with van der Waals surface area (Å²) in [5.41, 5.74) is 2.07. The zero-order valence-corrected chi connectivity index (χ0v) is 10.8. The van der Waals surface area contributed by atoms with Crippen molar-refractivity contribution in [1.82, 2.24) is 9.55 Å². The van der Waals surface area contributed by atoms with Gasteiger partial charge < -0.3 is 9.67 Å². The van der Waals surface area contributed by atoms with Crippen LogP contribution in [0, 0.1) is 5.92 Å². The van der Waals surface area contributed by atoms with Gasteiger partial charge in [-0.25, -0.2) is 9.78 Å². The van der Waals surface area contributed by atoms with Crippen molar-refractivity contribution in [3.8, 4) is 0 Å².